The molecule has 0 aliphatic carbocycles. The van der Waals surface area contributed by atoms with Crippen LogP contribution in [0.3, 0.4) is 0 Å². The second kappa shape index (κ2) is 6.67. The van der Waals surface area contributed by atoms with Crippen LogP contribution in [0, 0.1) is 0 Å². The molecule has 0 N–H and O–H groups in total. The summed E-state index contributed by atoms with van der Waals surface area (Å²) in [5, 5.41) is 0. The summed E-state index contributed by atoms with van der Waals surface area (Å²) in [6, 6.07) is 9.05. The van der Waals surface area contributed by atoms with Crippen molar-refractivity contribution in [3.63, 3.8) is 0 Å². The van der Waals surface area contributed by atoms with Crippen LogP contribution >= 0.6 is 0 Å². The number of benzene rings is 1. The lowest BCUT2D eigenvalue weighted by Crippen LogP contribution is -2.53. The monoisotopic (exact) mass is 316 g/mol. The topological polar surface area (TPSA) is 49.9 Å². The molecule has 0 aromatic heterocycles. The lowest BCUT2D eigenvalue weighted by molar-refractivity contribution is -0.186. The first-order valence-corrected chi connectivity index (χ1v) is 6.69. The molecule has 22 heavy (non-hydrogen) atoms. The Morgan fingerprint density at radius 2 is 1.55 bits per heavy atom. The predicted octanol–water partition coefficient (Wildman–Crippen LogP) is 2.03. The molecule has 0 unspecified atom stereocenters. The minimum atomic E-state index is -4.88. The zero-order valence-electron chi connectivity index (χ0n) is 11.7. The van der Waals surface area contributed by atoms with Crippen LogP contribution in [-0.2, 0) is 16.1 Å². The Bertz CT molecular complexity index is 526. The molecule has 0 atom stereocenters. The summed E-state index contributed by atoms with van der Waals surface area (Å²) in [6.45, 7) is -0.163. The summed E-state index contributed by atoms with van der Waals surface area (Å²) in [7, 11) is 0. The molecular formula is C14H15F3N2O3. The van der Waals surface area contributed by atoms with Crippen molar-refractivity contribution in [2.24, 2.45) is 0 Å². The highest BCUT2D eigenvalue weighted by atomic mass is 19.4. The highest BCUT2D eigenvalue weighted by Gasteiger charge is 2.43. The van der Waals surface area contributed by atoms with Crippen molar-refractivity contribution in [3.05, 3.63) is 35.9 Å². The van der Waals surface area contributed by atoms with Gasteiger partial charge in [0.25, 0.3) is 0 Å². The third kappa shape index (κ3) is 4.12. The molecule has 0 spiro atoms. The Balaban J connectivity index is 1.79. The molecule has 1 saturated heterocycles. The third-order valence-electron chi connectivity index (χ3n) is 3.27. The number of halogens is 3. The number of carbonyl (C=O) groups excluding carboxylic acids is 2. The summed E-state index contributed by atoms with van der Waals surface area (Å²) < 4.78 is 42.0. The number of hydrogen-bond acceptors (Lipinski definition) is 3. The molecule has 0 bridgehead atoms. The fraction of sp³-hybridized carbons (Fsp3) is 0.429. The molecule has 2 rings (SSSR count). The average molecular weight is 316 g/mol. The van der Waals surface area contributed by atoms with Crippen LogP contribution in [0.5, 0.6) is 0 Å². The number of carbonyl (C=O) groups is 2. The molecule has 1 aromatic carbocycles. The first-order valence-electron chi connectivity index (χ1n) is 6.69. The van der Waals surface area contributed by atoms with Crippen molar-refractivity contribution >= 4 is 12.0 Å². The number of hydrogen-bond donors (Lipinski definition) is 0. The summed E-state index contributed by atoms with van der Waals surface area (Å²) in [5.41, 5.74) is 0.821. The molecular weight excluding hydrogens is 301 g/mol. The van der Waals surface area contributed by atoms with E-state index in [2.05, 4.69) is 0 Å². The van der Waals surface area contributed by atoms with E-state index in [1.807, 2.05) is 18.2 Å². The Hall–Kier alpha value is -2.25. The van der Waals surface area contributed by atoms with E-state index in [9.17, 15) is 22.8 Å². The van der Waals surface area contributed by atoms with Gasteiger partial charge in [0.2, 0.25) is 0 Å². The fourth-order valence-corrected chi connectivity index (χ4v) is 2.08. The van der Waals surface area contributed by atoms with Crippen LogP contribution in [-0.4, -0.2) is 54.2 Å². The summed E-state index contributed by atoms with van der Waals surface area (Å²) in [5.74, 6) is -1.87. The predicted molar refractivity (Wildman–Crippen MR) is 70.8 cm³/mol. The lowest BCUT2D eigenvalue weighted by atomic mass is 10.2. The van der Waals surface area contributed by atoms with Crippen molar-refractivity contribution < 1.29 is 27.5 Å². The van der Waals surface area contributed by atoms with Gasteiger partial charge >= 0.3 is 18.2 Å². The van der Waals surface area contributed by atoms with E-state index >= 15 is 0 Å². The van der Waals surface area contributed by atoms with Gasteiger partial charge < -0.3 is 14.5 Å². The Kier molecular flexibility index (Phi) is 4.89. The number of amides is 2. The number of nitrogens with zero attached hydrogens (tertiary/aromatic N) is 2. The van der Waals surface area contributed by atoms with Crippen LogP contribution in [0.4, 0.5) is 18.0 Å². The van der Waals surface area contributed by atoms with Gasteiger partial charge in [0.1, 0.15) is 6.61 Å². The summed E-state index contributed by atoms with van der Waals surface area (Å²) in [6.07, 6.45) is -5.47. The smallest absolute Gasteiger partial charge is 0.445 e. The lowest BCUT2D eigenvalue weighted by Gasteiger charge is -2.34. The molecule has 1 fully saturated rings. The highest BCUT2D eigenvalue weighted by Crippen LogP contribution is 2.19. The van der Waals surface area contributed by atoms with Gasteiger partial charge in [-0.25, -0.2) is 4.79 Å². The van der Waals surface area contributed by atoms with Crippen LogP contribution in [0.2, 0.25) is 0 Å². The van der Waals surface area contributed by atoms with Gasteiger partial charge in [-0.3, -0.25) is 4.79 Å². The third-order valence-corrected chi connectivity index (χ3v) is 3.27. The molecule has 0 saturated carbocycles. The Morgan fingerprint density at radius 3 is 2.09 bits per heavy atom. The van der Waals surface area contributed by atoms with Crippen molar-refractivity contribution in [2.75, 3.05) is 26.2 Å². The van der Waals surface area contributed by atoms with Gasteiger partial charge in [0, 0.05) is 26.2 Å². The molecule has 2 amide bonds. The van der Waals surface area contributed by atoms with Crippen LogP contribution in [0.25, 0.3) is 0 Å². The van der Waals surface area contributed by atoms with Crippen LogP contribution in [0.1, 0.15) is 5.56 Å². The SMILES string of the molecule is O=C(OCc1ccccc1)N1CCN(C(=O)C(F)(F)F)CC1. The second-order valence-electron chi connectivity index (χ2n) is 4.82. The van der Waals surface area contributed by atoms with Gasteiger partial charge in [0.05, 0.1) is 0 Å². The quantitative estimate of drug-likeness (QED) is 0.839. The van der Waals surface area contributed by atoms with Crippen LogP contribution in [0.15, 0.2) is 30.3 Å². The number of piperazine rings is 1. The zero-order valence-corrected chi connectivity index (χ0v) is 11.7. The highest BCUT2D eigenvalue weighted by molar-refractivity contribution is 5.82. The van der Waals surface area contributed by atoms with Crippen molar-refractivity contribution in [1.82, 2.24) is 9.80 Å². The molecule has 1 aromatic rings. The van der Waals surface area contributed by atoms with Gasteiger partial charge in [-0.15, -0.1) is 0 Å². The standard InChI is InChI=1S/C14H15F3N2O3/c15-14(16,17)12(20)18-6-8-19(9-7-18)13(21)22-10-11-4-2-1-3-5-11/h1-5H,6-10H2. The van der Waals surface area contributed by atoms with Crippen molar-refractivity contribution in [1.29, 1.82) is 0 Å². The minimum absolute atomic E-state index is 0.0233. The van der Waals surface area contributed by atoms with E-state index in [1.54, 1.807) is 12.1 Å². The van der Waals surface area contributed by atoms with Gasteiger partial charge in [-0.2, -0.15) is 13.2 Å². The molecule has 1 heterocycles. The van der Waals surface area contributed by atoms with Crippen molar-refractivity contribution in [2.45, 2.75) is 12.8 Å². The van der Waals surface area contributed by atoms with Gasteiger partial charge in [-0.1, -0.05) is 30.3 Å². The largest absolute Gasteiger partial charge is 0.471 e. The maximum atomic E-state index is 12.3. The van der Waals surface area contributed by atoms with Gasteiger partial charge in [-0.05, 0) is 5.56 Å². The van der Waals surface area contributed by atoms with Crippen molar-refractivity contribution in [3.8, 4) is 0 Å². The van der Waals surface area contributed by atoms with E-state index < -0.39 is 18.2 Å². The van der Waals surface area contributed by atoms with E-state index in [1.165, 1.54) is 4.90 Å². The van der Waals surface area contributed by atoms with E-state index in [4.69, 9.17) is 4.74 Å². The van der Waals surface area contributed by atoms with E-state index in [-0.39, 0.29) is 32.8 Å². The average Bonchev–Trinajstić information content (AvgIpc) is 2.52. The van der Waals surface area contributed by atoms with Crippen LogP contribution < -0.4 is 0 Å². The maximum absolute atomic E-state index is 12.3. The molecule has 5 nitrogen and oxygen atoms in total. The number of rotatable bonds is 2. The van der Waals surface area contributed by atoms with Gasteiger partial charge in [0.15, 0.2) is 0 Å². The summed E-state index contributed by atoms with van der Waals surface area (Å²) in [4.78, 5) is 24.9. The second-order valence-corrected chi connectivity index (χ2v) is 4.82. The van der Waals surface area contributed by atoms with E-state index in [0.29, 0.717) is 4.90 Å². The number of ether oxygens (including phenoxy) is 1. The molecule has 0 radical (unpaired) electrons. The number of alkyl halides is 3. The summed E-state index contributed by atoms with van der Waals surface area (Å²) >= 11 is 0. The first kappa shape index (κ1) is 16.1. The Morgan fingerprint density at radius 1 is 1.00 bits per heavy atom. The zero-order chi connectivity index (χ0) is 16.2. The first-order chi connectivity index (χ1) is 10.4. The normalized spacial score (nSPS) is 15.6. The maximum Gasteiger partial charge on any atom is 0.471 e. The fourth-order valence-electron chi connectivity index (χ4n) is 2.08. The molecule has 1 aliphatic rings. The Labute approximate surface area is 125 Å². The van der Waals surface area contributed by atoms with E-state index in [0.717, 1.165) is 5.56 Å². The molecule has 1 aliphatic heterocycles. The molecule has 8 heteroatoms. The minimum Gasteiger partial charge on any atom is -0.445 e. The molecule has 120 valence electrons.